The van der Waals surface area contributed by atoms with Gasteiger partial charge in [0.2, 0.25) is 0 Å². The monoisotopic (exact) mass is 240 g/mol. The molecule has 0 radical (unpaired) electrons. The third kappa shape index (κ3) is 3.35. The summed E-state index contributed by atoms with van der Waals surface area (Å²) in [5.74, 6) is -0.454. The van der Waals surface area contributed by atoms with Crippen molar-refractivity contribution in [3.05, 3.63) is 34.3 Å². The number of hydrogen-bond acceptors (Lipinski definition) is 3. The molecule has 3 nitrogen and oxygen atoms in total. The predicted molar refractivity (Wildman–Crippen MR) is 61.8 cm³/mol. The van der Waals surface area contributed by atoms with Gasteiger partial charge in [0.1, 0.15) is 0 Å². The van der Waals surface area contributed by atoms with E-state index in [1.54, 1.807) is 18.2 Å². The van der Waals surface area contributed by atoms with Gasteiger partial charge in [-0.25, -0.2) is 0 Å². The summed E-state index contributed by atoms with van der Waals surface area (Å²) in [6, 6.07) is 5.07. The lowest BCUT2D eigenvalue weighted by Gasteiger charge is -2.03. The van der Waals surface area contributed by atoms with E-state index in [4.69, 9.17) is 11.6 Å². The molecule has 0 fully saturated rings. The highest BCUT2D eigenvalue weighted by molar-refractivity contribution is 6.31. The van der Waals surface area contributed by atoms with Crippen LogP contribution in [0.2, 0.25) is 5.02 Å². The second-order valence-electron chi connectivity index (χ2n) is 3.46. The standard InChI is InChI=1S/C12H13ClO3/c1-8-7-9(3-4-10(8)13)11(14)5-6-12(15)16-2/h3-4,7H,5-6H2,1-2H3. The number of ketones is 1. The van der Waals surface area contributed by atoms with Crippen molar-refractivity contribution in [1.29, 1.82) is 0 Å². The molecule has 86 valence electrons. The van der Waals surface area contributed by atoms with E-state index in [1.807, 2.05) is 6.92 Å². The lowest BCUT2D eigenvalue weighted by molar-refractivity contribution is -0.140. The number of benzene rings is 1. The molecule has 16 heavy (non-hydrogen) atoms. The van der Waals surface area contributed by atoms with Crippen molar-refractivity contribution in [1.82, 2.24) is 0 Å². The third-order valence-electron chi connectivity index (χ3n) is 2.26. The van der Waals surface area contributed by atoms with Crippen molar-refractivity contribution in [2.45, 2.75) is 19.8 Å². The molecule has 0 spiro atoms. The van der Waals surface area contributed by atoms with Gasteiger partial charge in [0.15, 0.2) is 5.78 Å². The number of esters is 1. The molecule has 0 aromatic heterocycles. The summed E-state index contributed by atoms with van der Waals surface area (Å²) in [6.07, 6.45) is 0.269. The molecule has 0 aliphatic carbocycles. The van der Waals surface area contributed by atoms with Crippen molar-refractivity contribution < 1.29 is 14.3 Å². The summed E-state index contributed by atoms with van der Waals surface area (Å²) in [7, 11) is 1.30. The number of Topliss-reactive ketones (excluding diaryl/α,β-unsaturated/α-hetero) is 1. The number of rotatable bonds is 4. The van der Waals surface area contributed by atoms with E-state index in [1.165, 1.54) is 7.11 Å². The number of halogens is 1. The van der Waals surface area contributed by atoms with Gasteiger partial charge in [0.05, 0.1) is 13.5 Å². The minimum Gasteiger partial charge on any atom is -0.469 e. The Morgan fingerprint density at radius 3 is 2.56 bits per heavy atom. The zero-order valence-electron chi connectivity index (χ0n) is 9.25. The second-order valence-corrected chi connectivity index (χ2v) is 3.87. The van der Waals surface area contributed by atoms with Crippen molar-refractivity contribution in [3.63, 3.8) is 0 Å². The lowest BCUT2D eigenvalue weighted by Crippen LogP contribution is -2.06. The van der Waals surface area contributed by atoms with Crippen LogP contribution in [0.25, 0.3) is 0 Å². The Balaban J connectivity index is 2.66. The molecule has 0 aliphatic rings. The quantitative estimate of drug-likeness (QED) is 0.600. The van der Waals surface area contributed by atoms with Gasteiger partial charge in [-0.2, -0.15) is 0 Å². The van der Waals surface area contributed by atoms with E-state index in [-0.39, 0.29) is 24.6 Å². The first-order chi connectivity index (χ1) is 7.54. The zero-order chi connectivity index (χ0) is 12.1. The van der Waals surface area contributed by atoms with Gasteiger partial charge in [-0.1, -0.05) is 11.6 Å². The number of hydrogen-bond donors (Lipinski definition) is 0. The fourth-order valence-corrected chi connectivity index (χ4v) is 1.40. The Bertz CT molecular complexity index is 413. The number of carbonyl (C=O) groups excluding carboxylic acids is 2. The minimum atomic E-state index is -0.376. The molecule has 1 aromatic carbocycles. The molecule has 0 unspecified atom stereocenters. The van der Waals surface area contributed by atoms with E-state index in [9.17, 15) is 9.59 Å². The largest absolute Gasteiger partial charge is 0.469 e. The zero-order valence-corrected chi connectivity index (χ0v) is 10.0. The lowest BCUT2D eigenvalue weighted by atomic mass is 10.0. The van der Waals surface area contributed by atoms with Gasteiger partial charge in [0, 0.05) is 17.0 Å². The highest BCUT2D eigenvalue weighted by Gasteiger charge is 2.10. The van der Waals surface area contributed by atoms with Crippen LogP contribution < -0.4 is 0 Å². The molecule has 1 aromatic rings. The van der Waals surface area contributed by atoms with Gasteiger partial charge in [-0.05, 0) is 30.7 Å². The highest BCUT2D eigenvalue weighted by atomic mass is 35.5. The van der Waals surface area contributed by atoms with Gasteiger partial charge >= 0.3 is 5.97 Å². The van der Waals surface area contributed by atoms with Crippen molar-refractivity contribution in [3.8, 4) is 0 Å². The highest BCUT2D eigenvalue weighted by Crippen LogP contribution is 2.17. The summed E-state index contributed by atoms with van der Waals surface area (Å²) in [4.78, 5) is 22.6. The number of ether oxygens (including phenoxy) is 1. The molecule has 0 N–H and O–H groups in total. The van der Waals surface area contributed by atoms with E-state index in [2.05, 4.69) is 4.74 Å². The van der Waals surface area contributed by atoms with Crippen LogP contribution in [-0.4, -0.2) is 18.9 Å². The molecule has 0 heterocycles. The summed E-state index contributed by atoms with van der Waals surface area (Å²) < 4.78 is 4.47. The Morgan fingerprint density at radius 2 is 2.00 bits per heavy atom. The van der Waals surface area contributed by atoms with Crippen LogP contribution >= 0.6 is 11.6 Å². The molecule has 4 heteroatoms. The summed E-state index contributed by atoms with van der Waals surface area (Å²) in [5.41, 5.74) is 1.43. The average Bonchev–Trinajstić information content (AvgIpc) is 2.29. The van der Waals surface area contributed by atoms with E-state index in [0.29, 0.717) is 10.6 Å². The Morgan fingerprint density at radius 1 is 1.31 bits per heavy atom. The number of carbonyl (C=O) groups is 2. The van der Waals surface area contributed by atoms with Crippen molar-refractivity contribution in [2.24, 2.45) is 0 Å². The number of aryl methyl sites for hydroxylation is 1. The Kier molecular flexibility index (Phi) is 4.50. The van der Waals surface area contributed by atoms with Crippen LogP contribution in [0.3, 0.4) is 0 Å². The molecule has 0 saturated heterocycles. The predicted octanol–water partition coefficient (Wildman–Crippen LogP) is 2.78. The molecular weight excluding hydrogens is 228 g/mol. The SMILES string of the molecule is COC(=O)CCC(=O)c1ccc(Cl)c(C)c1. The maximum absolute atomic E-state index is 11.7. The maximum atomic E-state index is 11.7. The van der Waals surface area contributed by atoms with Crippen LogP contribution in [0.5, 0.6) is 0 Å². The van der Waals surface area contributed by atoms with Crippen molar-refractivity contribution >= 4 is 23.4 Å². The smallest absolute Gasteiger partial charge is 0.305 e. The first-order valence-corrected chi connectivity index (χ1v) is 5.28. The normalized spacial score (nSPS) is 9.94. The summed E-state index contributed by atoms with van der Waals surface area (Å²) in [6.45, 7) is 1.83. The first kappa shape index (κ1) is 12.7. The first-order valence-electron chi connectivity index (χ1n) is 4.90. The van der Waals surface area contributed by atoms with Crippen LogP contribution in [0, 0.1) is 6.92 Å². The summed E-state index contributed by atoms with van der Waals surface area (Å²) >= 11 is 5.85. The second kappa shape index (κ2) is 5.66. The van der Waals surface area contributed by atoms with Gasteiger partial charge in [0.25, 0.3) is 0 Å². The minimum absolute atomic E-state index is 0.0785. The van der Waals surface area contributed by atoms with Crippen LogP contribution in [-0.2, 0) is 9.53 Å². The molecule has 1 rings (SSSR count). The summed E-state index contributed by atoms with van der Waals surface area (Å²) in [5, 5.41) is 0.629. The van der Waals surface area contributed by atoms with E-state index >= 15 is 0 Å². The molecule has 0 aliphatic heterocycles. The molecular formula is C12H13ClO3. The van der Waals surface area contributed by atoms with E-state index in [0.717, 1.165) is 5.56 Å². The topological polar surface area (TPSA) is 43.4 Å². The average molecular weight is 241 g/mol. The molecule has 0 bridgehead atoms. The maximum Gasteiger partial charge on any atom is 0.305 e. The van der Waals surface area contributed by atoms with E-state index < -0.39 is 0 Å². The molecule has 0 atom stereocenters. The Hall–Kier alpha value is -1.35. The van der Waals surface area contributed by atoms with Crippen LogP contribution in [0.1, 0.15) is 28.8 Å². The molecule has 0 saturated carbocycles. The van der Waals surface area contributed by atoms with Crippen LogP contribution in [0.4, 0.5) is 0 Å². The number of methoxy groups -OCH3 is 1. The van der Waals surface area contributed by atoms with Crippen molar-refractivity contribution in [2.75, 3.05) is 7.11 Å². The Labute approximate surface area is 99.4 Å². The van der Waals surface area contributed by atoms with Gasteiger partial charge in [-0.15, -0.1) is 0 Å². The third-order valence-corrected chi connectivity index (χ3v) is 2.69. The van der Waals surface area contributed by atoms with Gasteiger partial charge < -0.3 is 4.74 Å². The van der Waals surface area contributed by atoms with Gasteiger partial charge in [-0.3, -0.25) is 9.59 Å². The fourth-order valence-electron chi connectivity index (χ4n) is 1.28. The fraction of sp³-hybridized carbons (Fsp3) is 0.333. The van der Waals surface area contributed by atoms with Crippen LogP contribution in [0.15, 0.2) is 18.2 Å². The molecule has 0 amide bonds.